The van der Waals surface area contributed by atoms with E-state index in [2.05, 4.69) is 4.98 Å². The lowest BCUT2D eigenvalue weighted by atomic mass is 9.90. The first kappa shape index (κ1) is 12.3. The molecule has 0 bridgehead atoms. The van der Waals surface area contributed by atoms with Crippen LogP contribution in [0.1, 0.15) is 32.1 Å². The molecule has 3 heteroatoms. The Morgan fingerprint density at radius 2 is 1.95 bits per heavy atom. The molecule has 1 fully saturated rings. The minimum absolute atomic E-state index is 0.559. The first-order valence-electron chi connectivity index (χ1n) is 7.10. The van der Waals surface area contributed by atoms with Crippen LogP contribution in [-0.4, -0.2) is 11.6 Å². The first-order chi connectivity index (χ1) is 9.31. The molecule has 3 nitrogen and oxygen atoms in total. The number of rotatable bonds is 3. The van der Waals surface area contributed by atoms with Crippen LogP contribution in [-0.2, 0) is 0 Å². The molecule has 0 atom stereocenters. The van der Waals surface area contributed by atoms with Crippen molar-refractivity contribution < 1.29 is 4.74 Å². The number of nitrogens with two attached hydrogens (primary N) is 1. The van der Waals surface area contributed by atoms with Gasteiger partial charge in [-0.3, -0.25) is 0 Å². The minimum atomic E-state index is 0.559. The van der Waals surface area contributed by atoms with Crippen molar-refractivity contribution in [3.63, 3.8) is 0 Å². The van der Waals surface area contributed by atoms with E-state index in [9.17, 15) is 0 Å². The van der Waals surface area contributed by atoms with E-state index >= 15 is 0 Å². The van der Waals surface area contributed by atoms with Gasteiger partial charge in [-0.25, -0.2) is 4.98 Å². The highest BCUT2D eigenvalue weighted by Crippen LogP contribution is 2.26. The van der Waals surface area contributed by atoms with E-state index in [1.165, 1.54) is 32.1 Å². The van der Waals surface area contributed by atoms with E-state index in [0.717, 1.165) is 29.2 Å². The summed E-state index contributed by atoms with van der Waals surface area (Å²) in [4.78, 5) is 4.29. The fraction of sp³-hybridized carbons (Fsp3) is 0.438. The molecule has 2 N–H and O–H groups in total. The summed E-state index contributed by atoms with van der Waals surface area (Å²) >= 11 is 0. The van der Waals surface area contributed by atoms with Crippen molar-refractivity contribution in [1.82, 2.24) is 4.98 Å². The van der Waals surface area contributed by atoms with Crippen LogP contribution in [0.25, 0.3) is 10.9 Å². The van der Waals surface area contributed by atoms with Gasteiger partial charge in [0.25, 0.3) is 0 Å². The summed E-state index contributed by atoms with van der Waals surface area (Å²) < 4.78 is 5.92. The molecule has 19 heavy (non-hydrogen) atoms. The Balaban J connectivity index is 1.69. The largest absolute Gasteiger partial charge is 0.493 e. The van der Waals surface area contributed by atoms with Gasteiger partial charge in [-0.15, -0.1) is 0 Å². The van der Waals surface area contributed by atoms with E-state index in [4.69, 9.17) is 10.5 Å². The molecule has 100 valence electrons. The van der Waals surface area contributed by atoms with Crippen molar-refractivity contribution in [2.75, 3.05) is 12.3 Å². The van der Waals surface area contributed by atoms with Gasteiger partial charge in [-0.2, -0.15) is 0 Å². The fourth-order valence-electron chi connectivity index (χ4n) is 2.78. The Morgan fingerprint density at radius 3 is 2.79 bits per heavy atom. The van der Waals surface area contributed by atoms with Crippen molar-refractivity contribution >= 4 is 16.7 Å². The molecule has 0 radical (unpaired) electrons. The summed E-state index contributed by atoms with van der Waals surface area (Å²) in [5.41, 5.74) is 6.60. The fourth-order valence-corrected chi connectivity index (χ4v) is 2.78. The van der Waals surface area contributed by atoms with Crippen LogP contribution in [0.3, 0.4) is 0 Å². The Hall–Kier alpha value is -1.77. The number of fused-ring (bicyclic) bond motifs is 1. The van der Waals surface area contributed by atoms with Gasteiger partial charge in [0.15, 0.2) is 0 Å². The number of nitrogens with zero attached hydrogens (tertiary/aromatic N) is 1. The van der Waals surface area contributed by atoms with E-state index in [0.29, 0.717) is 5.82 Å². The zero-order valence-corrected chi connectivity index (χ0v) is 11.1. The molecule has 1 aromatic heterocycles. The molecular formula is C16H20N2O. The van der Waals surface area contributed by atoms with E-state index in [-0.39, 0.29) is 0 Å². The molecule has 1 heterocycles. The summed E-state index contributed by atoms with van der Waals surface area (Å²) in [6.07, 6.45) is 6.72. The predicted octanol–water partition coefficient (Wildman–Crippen LogP) is 3.78. The van der Waals surface area contributed by atoms with Gasteiger partial charge in [0.1, 0.15) is 11.6 Å². The third-order valence-electron chi connectivity index (χ3n) is 3.89. The van der Waals surface area contributed by atoms with E-state index in [1.54, 1.807) is 0 Å². The number of hydrogen-bond acceptors (Lipinski definition) is 3. The lowest BCUT2D eigenvalue weighted by Crippen LogP contribution is -2.15. The van der Waals surface area contributed by atoms with Gasteiger partial charge in [0.05, 0.1) is 12.1 Å². The van der Waals surface area contributed by atoms with E-state index in [1.807, 2.05) is 30.3 Å². The van der Waals surface area contributed by atoms with Crippen LogP contribution in [0, 0.1) is 5.92 Å². The molecule has 1 aromatic carbocycles. The van der Waals surface area contributed by atoms with Gasteiger partial charge < -0.3 is 10.5 Å². The maximum atomic E-state index is 5.92. The minimum Gasteiger partial charge on any atom is -0.493 e. The smallest absolute Gasteiger partial charge is 0.124 e. The van der Waals surface area contributed by atoms with Gasteiger partial charge in [0, 0.05) is 5.39 Å². The molecule has 2 aromatic rings. The van der Waals surface area contributed by atoms with Crippen LogP contribution in [0.5, 0.6) is 5.75 Å². The Bertz CT molecular complexity index is 562. The molecule has 3 rings (SSSR count). The van der Waals surface area contributed by atoms with E-state index < -0.39 is 0 Å². The number of pyridine rings is 1. The molecule has 1 aliphatic rings. The van der Waals surface area contributed by atoms with Crippen molar-refractivity contribution in [2.45, 2.75) is 32.1 Å². The average Bonchev–Trinajstić information content (AvgIpc) is 2.46. The van der Waals surface area contributed by atoms with Crippen LogP contribution < -0.4 is 10.5 Å². The SMILES string of the molecule is Nc1ccc2cc(OCC3CCCCC3)ccc2n1. The van der Waals surface area contributed by atoms with Crippen LogP contribution in [0.15, 0.2) is 30.3 Å². The van der Waals surface area contributed by atoms with Gasteiger partial charge in [0.2, 0.25) is 0 Å². The molecule has 0 saturated heterocycles. The summed E-state index contributed by atoms with van der Waals surface area (Å²) in [5, 5.41) is 1.08. The zero-order chi connectivity index (χ0) is 13.1. The normalized spacial score (nSPS) is 16.6. The Kier molecular flexibility index (Phi) is 3.53. The molecule has 0 amide bonds. The van der Waals surface area contributed by atoms with Gasteiger partial charge in [-0.1, -0.05) is 19.3 Å². The number of aromatic nitrogens is 1. The quantitative estimate of drug-likeness (QED) is 0.909. The second kappa shape index (κ2) is 5.47. The first-order valence-corrected chi connectivity index (χ1v) is 7.10. The predicted molar refractivity (Wildman–Crippen MR) is 78.2 cm³/mol. The van der Waals surface area contributed by atoms with Crippen molar-refractivity contribution in [2.24, 2.45) is 5.92 Å². The molecule has 0 aliphatic heterocycles. The van der Waals surface area contributed by atoms with Crippen molar-refractivity contribution in [3.05, 3.63) is 30.3 Å². The number of nitrogen functional groups attached to an aromatic ring is 1. The number of benzene rings is 1. The van der Waals surface area contributed by atoms with Crippen molar-refractivity contribution in [1.29, 1.82) is 0 Å². The van der Waals surface area contributed by atoms with Gasteiger partial charge in [-0.05, 0) is 49.1 Å². The standard InChI is InChI=1S/C16H20N2O/c17-16-9-6-13-10-14(7-8-15(13)18-16)19-11-12-4-2-1-3-5-12/h6-10,12H,1-5,11H2,(H2,17,18). The summed E-state index contributed by atoms with van der Waals surface area (Å²) in [5.74, 6) is 2.22. The van der Waals surface area contributed by atoms with Crippen LogP contribution in [0.2, 0.25) is 0 Å². The molecule has 0 spiro atoms. The highest BCUT2D eigenvalue weighted by molar-refractivity contribution is 5.81. The topological polar surface area (TPSA) is 48.1 Å². The van der Waals surface area contributed by atoms with Gasteiger partial charge >= 0.3 is 0 Å². The summed E-state index contributed by atoms with van der Waals surface area (Å²) in [6, 6.07) is 9.82. The van der Waals surface area contributed by atoms with Crippen molar-refractivity contribution in [3.8, 4) is 5.75 Å². The Labute approximate surface area is 113 Å². The average molecular weight is 256 g/mol. The third-order valence-corrected chi connectivity index (χ3v) is 3.89. The van der Waals surface area contributed by atoms with Crippen LogP contribution in [0.4, 0.5) is 5.82 Å². The maximum absolute atomic E-state index is 5.92. The summed E-state index contributed by atoms with van der Waals surface area (Å²) in [7, 11) is 0. The number of hydrogen-bond donors (Lipinski definition) is 1. The molecular weight excluding hydrogens is 236 g/mol. The molecule has 1 saturated carbocycles. The number of anilines is 1. The lowest BCUT2D eigenvalue weighted by molar-refractivity contribution is 0.209. The monoisotopic (exact) mass is 256 g/mol. The Morgan fingerprint density at radius 1 is 1.11 bits per heavy atom. The number of ether oxygens (including phenoxy) is 1. The zero-order valence-electron chi connectivity index (χ0n) is 11.1. The lowest BCUT2D eigenvalue weighted by Gasteiger charge is -2.21. The highest BCUT2D eigenvalue weighted by atomic mass is 16.5. The van der Waals surface area contributed by atoms with Crippen LogP contribution >= 0.6 is 0 Å². The molecule has 0 unspecified atom stereocenters. The third kappa shape index (κ3) is 2.98. The second-order valence-electron chi connectivity index (χ2n) is 5.41. The highest BCUT2D eigenvalue weighted by Gasteiger charge is 2.13. The summed E-state index contributed by atoms with van der Waals surface area (Å²) in [6.45, 7) is 0.841. The second-order valence-corrected chi connectivity index (χ2v) is 5.41. The maximum Gasteiger partial charge on any atom is 0.124 e. The molecule has 1 aliphatic carbocycles.